The smallest absolute Gasteiger partial charge is 0.316 e. The molecule has 1 amide bonds. The van der Waals surface area contributed by atoms with Gasteiger partial charge in [-0.05, 0) is 42.3 Å². The van der Waals surface area contributed by atoms with Crippen LogP contribution in [-0.4, -0.2) is 45.7 Å². The van der Waals surface area contributed by atoms with E-state index in [1.807, 2.05) is 44.2 Å². The maximum Gasteiger partial charge on any atom is 0.316 e. The third kappa shape index (κ3) is 5.81. The van der Waals surface area contributed by atoms with Crippen LogP contribution in [-0.2, 0) is 26.6 Å². The van der Waals surface area contributed by atoms with Crippen LogP contribution in [0.1, 0.15) is 31.7 Å². The molecule has 3 heterocycles. The molecule has 39 heavy (non-hydrogen) atoms. The molecule has 0 radical (unpaired) electrons. The third-order valence-corrected chi connectivity index (χ3v) is 6.20. The van der Waals surface area contributed by atoms with Crippen molar-refractivity contribution in [3.8, 4) is 28.7 Å². The van der Waals surface area contributed by atoms with Crippen molar-refractivity contribution in [1.82, 2.24) is 25.3 Å². The fraction of sp³-hybridized carbons (Fsp3) is 0.310. The van der Waals surface area contributed by atoms with Crippen LogP contribution in [0.5, 0.6) is 6.01 Å². The van der Waals surface area contributed by atoms with Gasteiger partial charge in [0.1, 0.15) is 5.82 Å². The molecule has 2 aromatic heterocycles. The summed E-state index contributed by atoms with van der Waals surface area (Å²) in [4.78, 5) is 30.4. The average molecular weight is 532 g/mol. The maximum atomic E-state index is 13.8. The lowest BCUT2D eigenvalue weighted by molar-refractivity contribution is -0.277. The maximum absolute atomic E-state index is 13.8. The van der Waals surface area contributed by atoms with Crippen LogP contribution in [0.15, 0.2) is 66.9 Å². The molecule has 2 N–H and O–H groups in total. The Balaban J connectivity index is 1.57. The van der Waals surface area contributed by atoms with Crippen molar-refractivity contribution in [1.29, 1.82) is 0 Å². The first-order chi connectivity index (χ1) is 19.0. The van der Waals surface area contributed by atoms with E-state index >= 15 is 0 Å². The summed E-state index contributed by atoms with van der Waals surface area (Å²) in [6, 6.07) is 17.4. The molecule has 5 rings (SSSR count). The van der Waals surface area contributed by atoms with Gasteiger partial charge in [-0.3, -0.25) is 4.79 Å². The minimum absolute atomic E-state index is 0.0891. The molecular formula is C29H30FN5O4. The largest absolute Gasteiger partial charge is 0.463 e. The molecule has 1 saturated heterocycles. The van der Waals surface area contributed by atoms with Crippen molar-refractivity contribution in [2.24, 2.45) is 5.92 Å². The summed E-state index contributed by atoms with van der Waals surface area (Å²) >= 11 is 0. The molecule has 1 fully saturated rings. The number of aromatic nitrogens is 4. The van der Waals surface area contributed by atoms with Crippen molar-refractivity contribution < 1.29 is 23.4 Å². The Morgan fingerprint density at radius 2 is 1.85 bits per heavy atom. The van der Waals surface area contributed by atoms with Crippen LogP contribution in [0.25, 0.3) is 22.6 Å². The summed E-state index contributed by atoms with van der Waals surface area (Å²) < 4.78 is 31.6. The summed E-state index contributed by atoms with van der Waals surface area (Å²) in [5, 5.41) is 2.93. The van der Waals surface area contributed by atoms with Gasteiger partial charge < -0.3 is 24.5 Å². The zero-order valence-corrected chi connectivity index (χ0v) is 21.8. The first-order valence-corrected chi connectivity index (χ1v) is 12.9. The molecule has 9 nitrogen and oxygen atoms in total. The normalized spacial score (nSPS) is 19.0. The summed E-state index contributed by atoms with van der Waals surface area (Å²) in [5.41, 5.74) is 2.97. The van der Waals surface area contributed by atoms with E-state index in [0.29, 0.717) is 42.5 Å². The Bertz CT molecular complexity index is 1400. The molecule has 0 saturated carbocycles. The first-order valence-electron chi connectivity index (χ1n) is 12.9. The number of nitrogens with one attached hydrogen (secondary N) is 2. The quantitative estimate of drug-likeness (QED) is 0.324. The predicted molar refractivity (Wildman–Crippen MR) is 142 cm³/mol. The molecule has 0 bridgehead atoms. The van der Waals surface area contributed by atoms with E-state index in [2.05, 4.69) is 20.3 Å². The Hall–Kier alpha value is -4.15. The van der Waals surface area contributed by atoms with Crippen LogP contribution >= 0.6 is 0 Å². The van der Waals surface area contributed by atoms with E-state index in [1.54, 1.807) is 24.4 Å². The Morgan fingerprint density at radius 3 is 2.56 bits per heavy atom. The van der Waals surface area contributed by atoms with Gasteiger partial charge in [0.2, 0.25) is 0 Å². The molecule has 4 aromatic rings. The number of aromatic amines is 1. The van der Waals surface area contributed by atoms with Gasteiger partial charge in [-0.25, -0.2) is 14.4 Å². The van der Waals surface area contributed by atoms with Gasteiger partial charge in [-0.2, -0.15) is 4.98 Å². The van der Waals surface area contributed by atoms with Gasteiger partial charge in [-0.1, -0.05) is 44.2 Å². The zero-order chi connectivity index (χ0) is 27.2. The number of hydrogen-bond donors (Lipinski definition) is 2. The minimum Gasteiger partial charge on any atom is -0.463 e. The van der Waals surface area contributed by atoms with Crippen molar-refractivity contribution in [3.63, 3.8) is 0 Å². The Morgan fingerprint density at radius 1 is 1.10 bits per heavy atom. The number of carbonyl (C=O) groups excluding carboxylic acids is 1. The fourth-order valence-corrected chi connectivity index (χ4v) is 4.15. The third-order valence-electron chi connectivity index (χ3n) is 6.20. The summed E-state index contributed by atoms with van der Waals surface area (Å²) in [7, 11) is 0. The second kappa shape index (κ2) is 11.7. The van der Waals surface area contributed by atoms with E-state index in [4.69, 9.17) is 19.2 Å². The number of rotatable bonds is 9. The van der Waals surface area contributed by atoms with Gasteiger partial charge in [0, 0.05) is 24.2 Å². The topological polar surface area (TPSA) is 111 Å². The number of nitrogens with zero attached hydrogens (tertiary/aromatic N) is 3. The van der Waals surface area contributed by atoms with Gasteiger partial charge in [0.25, 0.3) is 5.91 Å². The lowest BCUT2D eigenvalue weighted by atomic mass is 10.1. The molecule has 0 unspecified atom stereocenters. The number of hydrogen-bond acceptors (Lipinski definition) is 7. The van der Waals surface area contributed by atoms with Crippen LogP contribution in [0, 0.1) is 11.7 Å². The highest BCUT2D eigenvalue weighted by atomic mass is 19.1. The summed E-state index contributed by atoms with van der Waals surface area (Å²) in [6.07, 6.45) is 2.39. The van der Waals surface area contributed by atoms with Crippen molar-refractivity contribution in [2.45, 2.75) is 32.6 Å². The highest BCUT2D eigenvalue weighted by Crippen LogP contribution is 2.37. The molecule has 0 spiro atoms. The highest BCUT2D eigenvalue weighted by Gasteiger charge is 2.49. The Labute approximate surface area is 225 Å². The molecule has 1 aliphatic heterocycles. The summed E-state index contributed by atoms with van der Waals surface area (Å²) in [6.45, 7) is 5.30. The minimum atomic E-state index is -1.82. The molecule has 0 aliphatic carbocycles. The fourth-order valence-electron chi connectivity index (χ4n) is 4.15. The van der Waals surface area contributed by atoms with Crippen molar-refractivity contribution >= 4 is 5.91 Å². The number of halogens is 1. The van der Waals surface area contributed by atoms with E-state index in [1.165, 1.54) is 12.1 Å². The second-order valence-electron chi connectivity index (χ2n) is 9.40. The first kappa shape index (κ1) is 26.5. The standard InChI is InChI=1S/C29H30FN5O4/c1-3-15-37-28-31-14-13-23(33-28)25-24(21-9-11-22(30)12-10-21)34-26(35-25)29(38-17-19(2)18-39-29)27(36)32-16-20-7-5-4-6-8-20/h4-14,19H,3,15-18H2,1-2H3,(H,32,36)(H,34,35). The van der Waals surface area contributed by atoms with Crippen LogP contribution in [0.2, 0.25) is 0 Å². The van der Waals surface area contributed by atoms with E-state index in [0.717, 1.165) is 12.0 Å². The van der Waals surface area contributed by atoms with Crippen molar-refractivity contribution in [3.05, 3.63) is 84.1 Å². The van der Waals surface area contributed by atoms with Gasteiger partial charge in [-0.15, -0.1) is 0 Å². The number of H-pyrrole nitrogens is 1. The van der Waals surface area contributed by atoms with E-state index in [9.17, 15) is 9.18 Å². The number of amides is 1. The molecule has 2 aromatic carbocycles. The van der Waals surface area contributed by atoms with Gasteiger partial charge in [0.15, 0.2) is 5.82 Å². The number of ether oxygens (including phenoxy) is 3. The number of imidazole rings is 1. The lowest BCUT2D eigenvalue weighted by Gasteiger charge is -2.36. The molecule has 202 valence electrons. The number of benzene rings is 2. The molecule has 10 heteroatoms. The molecule has 0 atom stereocenters. The van der Waals surface area contributed by atoms with E-state index in [-0.39, 0.29) is 30.1 Å². The van der Waals surface area contributed by atoms with E-state index < -0.39 is 11.7 Å². The average Bonchev–Trinajstić information content (AvgIpc) is 3.42. The van der Waals surface area contributed by atoms with Gasteiger partial charge in [0.05, 0.1) is 36.9 Å². The number of carbonyl (C=O) groups is 1. The Kier molecular flexibility index (Phi) is 7.94. The SMILES string of the molecule is CCCOc1nccc(-c2[nH]c(C3(C(=O)NCc4ccccc4)OCC(C)CO3)nc2-c2ccc(F)cc2)n1. The lowest BCUT2D eigenvalue weighted by Crippen LogP contribution is -2.53. The molecular weight excluding hydrogens is 501 g/mol. The molecule has 1 aliphatic rings. The van der Waals surface area contributed by atoms with Crippen LogP contribution < -0.4 is 10.1 Å². The summed E-state index contributed by atoms with van der Waals surface area (Å²) in [5.74, 6) is -2.44. The van der Waals surface area contributed by atoms with Gasteiger partial charge >= 0.3 is 11.8 Å². The monoisotopic (exact) mass is 531 g/mol. The van der Waals surface area contributed by atoms with Crippen LogP contribution in [0.3, 0.4) is 0 Å². The zero-order valence-electron chi connectivity index (χ0n) is 21.8. The predicted octanol–water partition coefficient (Wildman–Crippen LogP) is 4.61. The van der Waals surface area contributed by atoms with Crippen molar-refractivity contribution in [2.75, 3.05) is 19.8 Å². The second-order valence-corrected chi connectivity index (χ2v) is 9.40. The highest BCUT2D eigenvalue weighted by molar-refractivity contribution is 5.86. The van der Waals surface area contributed by atoms with Crippen LogP contribution in [0.4, 0.5) is 4.39 Å².